The van der Waals surface area contributed by atoms with Gasteiger partial charge in [-0.2, -0.15) is 13.2 Å². The third-order valence-electron chi connectivity index (χ3n) is 4.50. The Morgan fingerprint density at radius 1 is 1.12 bits per heavy atom. The van der Waals surface area contributed by atoms with E-state index in [1.54, 1.807) is 6.07 Å². The molecule has 1 aliphatic heterocycles. The molecule has 2 aromatic rings. The first-order valence-electron chi connectivity index (χ1n) is 7.36. The topological polar surface area (TPSA) is 63.5 Å². The second-order valence-corrected chi connectivity index (χ2v) is 5.88. The number of alkyl halides is 3. The van der Waals surface area contributed by atoms with Gasteiger partial charge in [-0.15, -0.1) is 0 Å². The van der Waals surface area contributed by atoms with Crippen LogP contribution in [0.3, 0.4) is 0 Å². The Balaban J connectivity index is 2.13. The fraction of sp³-hybridized carbons (Fsp3) is 0.235. The first-order chi connectivity index (χ1) is 11.7. The van der Waals surface area contributed by atoms with Gasteiger partial charge in [0.1, 0.15) is 0 Å². The molecule has 0 fully saturated rings. The second-order valence-electron chi connectivity index (χ2n) is 5.88. The smallest absolute Gasteiger partial charge is 0.314 e. The number of likely N-dealkylation sites (N-methyl/N-ethyl adjacent to an activating group) is 1. The lowest BCUT2D eigenvalue weighted by Gasteiger charge is -2.30. The van der Waals surface area contributed by atoms with E-state index in [1.165, 1.54) is 37.4 Å². The van der Waals surface area contributed by atoms with Crippen molar-refractivity contribution in [3.63, 3.8) is 0 Å². The number of hydrogen-bond acceptors (Lipinski definition) is 3. The zero-order valence-corrected chi connectivity index (χ0v) is 13.1. The van der Waals surface area contributed by atoms with Crippen LogP contribution in [0.4, 0.5) is 24.5 Å². The third-order valence-corrected chi connectivity index (χ3v) is 4.50. The van der Waals surface area contributed by atoms with Gasteiger partial charge in [-0.25, -0.2) is 0 Å². The van der Waals surface area contributed by atoms with Crippen molar-refractivity contribution in [2.45, 2.75) is 18.0 Å². The molecule has 1 amide bonds. The lowest BCUT2D eigenvalue weighted by Crippen LogP contribution is -2.51. The van der Waals surface area contributed by atoms with Crippen LogP contribution in [0, 0.1) is 10.1 Å². The summed E-state index contributed by atoms with van der Waals surface area (Å²) in [5.74, 6) is -1.06. The van der Waals surface area contributed by atoms with E-state index in [0.717, 1.165) is 17.0 Å². The molecule has 8 heteroatoms. The van der Waals surface area contributed by atoms with Gasteiger partial charge >= 0.3 is 6.18 Å². The summed E-state index contributed by atoms with van der Waals surface area (Å²) >= 11 is 0. The van der Waals surface area contributed by atoms with Crippen molar-refractivity contribution in [2.75, 3.05) is 11.9 Å². The number of fused-ring (bicyclic) bond motifs is 1. The Hall–Kier alpha value is -2.90. The fourth-order valence-corrected chi connectivity index (χ4v) is 3.22. The van der Waals surface area contributed by atoms with Crippen molar-refractivity contribution in [1.82, 2.24) is 0 Å². The monoisotopic (exact) mass is 350 g/mol. The van der Waals surface area contributed by atoms with Crippen molar-refractivity contribution in [1.29, 1.82) is 0 Å². The van der Waals surface area contributed by atoms with Gasteiger partial charge in [-0.1, -0.05) is 30.3 Å². The molecular formula is C17H13F3N2O3. The van der Waals surface area contributed by atoms with Crippen LogP contribution in [0.15, 0.2) is 48.5 Å². The van der Waals surface area contributed by atoms with Gasteiger partial charge in [-0.05, 0) is 18.1 Å². The number of nitrogens with zero attached hydrogens (tertiary/aromatic N) is 2. The first-order valence-corrected chi connectivity index (χ1v) is 7.36. The third kappa shape index (κ3) is 2.45. The van der Waals surface area contributed by atoms with E-state index in [0.29, 0.717) is 0 Å². The Morgan fingerprint density at radius 2 is 1.72 bits per heavy atom. The molecule has 0 N–H and O–H groups in total. The number of amides is 1. The highest BCUT2D eigenvalue weighted by atomic mass is 19.4. The molecule has 0 saturated heterocycles. The second kappa shape index (κ2) is 5.58. The summed E-state index contributed by atoms with van der Waals surface area (Å²) in [6.07, 6.45) is -5.43. The van der Waals surface area contributed by atoms with Crippen molar-refractivity contribution in [2.24, 2.45) is 0 Å². The van der Waals surface area contributed by atoms with E-state index >= 15 is 0 Å². The maximum Gasteiger partial charge on any atom is 0.407 e. The Morgan fingerprint density at radius 3 is 2.28 bits per heavy atom. The number of rotatable bonds is 3. The average molecular weight is 350 g/mol. The van der Waals surface area contributed by atoms with E-state index < -0.39 is 28.8 Å². The number of nitro groups is 1. The molecule has 1 unspecified atom stereocenters. The highest BCUT2D eigenvalue weighted by Gasteiger charge is 2.66. The quantitative estimate of drug-likeness (QED) is 0.627. The number of nitro benzene ring substituents is 1. The van der Waals surface area contributed by atoms with E-state index in [4.69, 9.17) is 0 Å². The summed E-state index contributed by atoms with van der Waals surface area (Å²) in [5.41, 5.74) is -2.62. The van der Waals surface area contributed by atoms with Crippen molar-refractivity contribution in [3.05, 3.63) is 69.8 Å². The minimum absolute atomic E-state index is 0.103. The summed E-state index contributed by atoms with van der Waals surface area (Å²) in [6.45, 7) is 0. The minimum Gasteiger partial charge on any atom is -0.314 e. The molecule has 0 saturated carbocycles. The zero-order chi connectivity index (χ0) is 18.4. The van der Waals surface area contributed by atoms with Gasteiger partial charge in [0.2, 0.25) is 5.91 Å². The molecule has 2 aromatic carbocycles. The van der Waals surface area contributed by atoms with Crippen LogP contribution in [-0.4, -0.2) is 24.1 Å². The molecule has 0 bridgehead atoms. The van der Waals surface area contributed by atoms with E-state index in [9.17, 15) is 28.1 Å². The Kier molecular flexibility index (Phi) is 3.78. The number of hydrogen-bond donors (Lipinski definition) is 0. The number of halogens is 3. The molecule has 0 aliphatic carbocycles. The lowest BCUT2D eigenvalue weighted by molar-refractivity contribution is -0.384. The Bertz CT molecular complexity index is 849. The van der Waals surface area contributed by atoms with Crippen molar-refractivity contribution in [3.8, 4) is 0 Å². The molecule has 1 aliphatic rings. The summed E-state index contributed by atoms with van der Waals surface area (Å²) < 4.78 is 42.2. The maximum atomic E-state index is 14.1. The molecular weight excluding hydrogens is 337 g/mol. The summed E-state index contributed by atoms with van der Waals surface area (Å²) in [5, 5.41) is 10.7. The lowest BCUT2D eigenvalue weighted by atomic mass is 9.75. The molecule has 3 rings (SSSR count). The summed E-state index contributed by atoms with van der Waals surface area (Å²) in [4.78, 5) is 23.7. The van der Waals surface area contributed by atoms with Crippen molar-refractivity contribution < 1.29 is 22.9 Å². The van der Waals surface area contributed by atoms with Crippen LogP contribution in [0.2, 0.25) is 0 Å². The number of carbonyl (C=O) groups excluding carboxylic acids is 1. The number of carbonyl (C=O) groups is 1. The van der Waals surface area contributed by atoms with Crippen molar-refractivity contribution >= 4 is 17.3 Å². The van der Waals surface area contributed by atoms with Crippen LogP contribution < -0.4 is 4.90 Å². The molecule has 0 spiro atoms. The van der Waals surface area contributed by atoms with Crippen LogP contribution in [0.25, 0.3) is 0 Å². The molecule has 0 radical (unpaired) electrons. The van der Waals surface area contributed by atoms with Crippen LogP contribution in [-0.2, 0) is 16.6 Å². The van der Waals surface area contributed by atoms with Gasteiger partial charge in [0.25, 0.3) is 5.69 Å². The van der Waals surface area contributed by atoms with Gasteiger partial charge in [0.05, 0.1) is 4.92 Å². The SMILES string of the molecule is CN1C(=O)C(Cc2ccc([N+](=O)[O-])cc2)(C(F)(F)F)c2ccccc21. The average Bonchev–Trinajstić information content (AvgIpc) is 2.78. The number of non-ortho nitro benzene ring substituents is 1. The van der Waals surface area contributed by atoms with Gasteiger partial charge < -0.3 is 4.90 Å². The van der Waals surface area contributed by atoms with Gasteiger partial charge in [0, 0.05) is 30.4 Å². The fourth-order valence-electron chi connectivity index (χ4n) is 3.22. The highest BCUT2D eigenvalue weighted by Crippen LogP contribution is 2.52. The molecule has 130 valence electrons. The molecule has 0 aromatic heterocycles. The zero-order valence-electron chi connectivity index (χ0n) is 13.1. The number of para-hydroxylation sites is 1. The van der Waals surface area contributed by atoms with Crippen LogP contribution >= 0.6 is 0 Å². The first kappa shape index (κ1) is 16.9. The highest BCUT2D eigenvalue weighted by molar-refractivity contribution is 6.08. The predicted molar refractivity (Wildman–Crippen MR) is 84.4 cm³/mol. The van der Waals surface area contributed by atoms with Gasteiger partial charge in [-0.3, -0.25) is 14.9 Å². The van der Waals surface area contributed by atoms with E-state index in [1.807, 2.05) is 0 Å². The van der Waals surface area contributed by atoms with E-state index in [2.05, 4.69) is 0 Å². The van der Waals surface area contributed by atoms with Gasteiger partial charge in [0.15, 0.2) is 5.41 Å². The van der Waals surface area contributed by atoms with Crippen LogP contribution in [0.5, 0.6) is 0 Å². The summed E-state index contributed by atoms with van der Waals surface area (Å²) in [7, 11) is 1.31. The maximum absolute atomic E-state index is 14.1. The number of anilines is 1. The Labute approximate surface area is 140 Å². The molecule has 25 heavy (non-hydrogen) atoms. The normalized spacial score (nSPS) is 19.8. The summed E-state index contributed by atoms with van der Waals surface area (Å²) in [6, 6.07) is 10.6. The number of benzene rings is 2. The standard InChI is InChI=1S/C17H13F3N2O3/c1-21-14-5-3-2-4-13(14)16(15(21)23,17(18,19)20)10-11-6-8-12(9-7-11)22(24)25/h2-9H,10H2,1H3. The van der Waals surface area contributed by atoms with Crippen LogP contribution in [0.1, 0.15) is 11.1 Å². The molecule has 5 nitrogen and oxygen atoms in total. The molecule has 1 atom stereocenters. The largest absolute Gasteiger partial charge is 0.407 e. The predicted octanol–water partition coefficient (Wildman–Crippen LogP) is 3.61. The van der Waals surface area contributed by atoms with E-state index in [-0.39, 0.29) is 22.5 Å². The molecule has 1 heterocycles. The minimum atomic E-state index is -4.81.